The lowest BCUT2D eigenvalue weighted by molar-refractivity contribution is 0.233. The van der Waals surface area contributed by atoms with Gasteiger partial charge in [0.25, 0.3) is 0 Å². The fourth-order valence-electron chi connectivity index (χ4n) is 2.28. The van der Waals surface area contributed by atoms with Gasteiger partial charge in [-0.1, -0.05) is 38.5 Å². The molecule has 0 unspecified atom stereocenters. The molecule has 0 aliphatic rings. The number of ether oxygens (including phenoxy) is 1. The lowest BCUT2D eigenvalue weighted by atomic mass is 9.85. The molecular formula is C19H25N3O2. The number of carbonyl (C=O) groups is 1. The SMILES string of the molecule is Cc1ccc(OCNC(=O)Nc2ccc(N)cc2)c(C(C)(C)C)c1. The number of benzene rings is 2. The fraction of sp³-hybridized carbons (Fsp3) is 0.316. The quantitative estimate of drug-likeness (QED) is 0.586. The van der Waals surface area contributed by atoms with Crippen LogP contribution in [0.15, 0.2) is 42.5 Å². The molecule has 0 aromatic heterocycles. The lowest BCUT2D eigenvalue weighted by Crippen LogP contribution is -2.32. The minimum absolute atomic E-state index is 0.0341. The molecule has 0 heterocycles. The van der Waals surface area contributed by atoms with Crippen molar-refractivity contribution in [3.63, 3.8) is 0 Å². The van der Waals surface area contributed by atoms with Crippen LogP contribution in [0, 0.1) is 6.92 Å². The van der Waals surface area contributed by atoms with E-state index in [0.717, 1.165) is 11.3 Å². The number of rotatable bonds is 4. The molecule has 5 nitrogen and oxygen atoms in total. The molecule has 5 heteroatoms. The number of anilines is 2. The Morgan fingerprint density at radius 3 is 2.42 bits per heavy atom. The van der Waals surface area contributed by atoms with Crippen molar-refractivity contribution in [1.82, 2.24) is 5.32 Å². The average Bonchev–Trinajstić information content (AvgIpc) is 2.50. The molecule has 0 aliphatic heterocycles. The summed E-state index contributed by atoms with van der Waals surface area (Å²) in [5.41, 5.74) is 9.20. The molecule has 128 valence electrons. The topological polar surface area (TPSA) is 76.4 Å². The van der Waals surface area contributed by atoms with Crippen LogP contribution in [0.4, 0.5) is 16.2 Å². The number of carbonyl (C=O) groups excluding carboxylic acids is 1. The number of amides is 2. The average molecular weight is 327 g/mol. The summed E-state index contributed by atoms with van der Waals surface area (Å²) in [6.45, 7) is 8.55. The predicted octanol–water partition coefficient (Wildman–Crippen LogP) is 4.03. The van der Waals surface area contributed by atoms with E-state index in [0.29, 0.717) is 11.4 Å². The molecule has 0 aliphatic carbocycles. The highest BCUT2D eigenvalue weighted by Crippen LogP contribution is 2.31. The first kappa shape index (κ1) is 17.7. The van der Waals surface area contributed by atoms with Crippen LogP contribution in [0.2, 0.25) is 0 Å². The van der Waals surface area contributed by atoms with E-state index in [1.807, 2.05) is 12.1 Å². The number of nitrogens with two attached hydrogens (primary N) is 1. The summed E-state index contributed by atoms with van der Waals surface area (Å²) in [6.07, 6.45) is 0. The molecule has 0 radical (unpaired) electrons. The Hall–Kier alpha value is -2.69. The second-order valence-corrected chi connectivity index (χ2v) is 6.79. The maximum atomic E-state index is 11.9. The van der Waals surface area contributed by atoms with Crippen molar-refractivity contribution in [2.24, 2.45) is 0 Å². The van der Waals surface area contributed by atoms with E-state index in [2.05, 4.69) is 44.4 Å². The van der Waals surface area contributed by atoms with Crippen LogP contribution < -0.4 is 21.1 Å². The number of urea groups is 1. The molecular weight excluding hydrogens is 302 g/mol. The highest BCUT2D eigenvalue weighted by atomic mass is 16.5. The largest absolute Gasteiger partial charge is 0.473 e. The molecule has 2 aromatic carbocycles. The van der Waals surface area contributed by atoms with E-state index in [4.69, 9.17) is 10.5 Å². The Labute approximate surface area is 143 Å². The van der Waals surface area contributed by atoms with Crippen LogP contribution in [0.25, 0.3) is 0 Å². The molecule has 2 rings (SSSR count). The van der Waals surface area contributed by atoms with Crippen molar-refractivity contribution in [2.75, 3.05) is 17.8 Å². The molecule has 24 heavy (non-hydrogen) atoms. The number of aryl methyl sites for hydroxylation is 1. The van der Waals surface area contributed by atoms with E-state index in [1.165, 1.54) is 5.56 Å². The van der Waals surface area contributed by atoms with Gasteiger partial charge in [0.2, 0.25) is 0 Å². The van der Waals surface area contributed by atoms with Gasteiger partial charge in [0.05, 0.1) is 0 Å². The number of nitrogens with one attached hydrogen (secondary N) is 2. The van der Waals surface area contributed by atoms with Crippen LogP contribution >= 0.6 is 0 Å². The molecule has 0 saturated heterocycles. The first-order chi connectivity index (χ1) is 11.3. The summed E-state index contributed by atoms with van der Waals surface area (Å²) in [6, 6.07) is 12.7. The Bertz CT molecular complexity index is 704. The summed E-state index contributed by atoms with van der Waals surface area (Å²) >= 11 is 0. The first-order valence-electron chi connectivity index (χ1n) is 7.90. The third-order valence-electron chi connectivity index (χ3n) is 3.57. The summed E-state index contributed by atoms with van der Waals surface area (Å²) in [5.74, 6) is 0.779. The predicted molar refractivity (Wildman–Crippen MR) is 98.4 cm³/mol. The Morgan fingerprint density at radius 2 is 1.79 bits per heavy atom. The maximum absolute atomic E-state index is 11.9. The maximum Gasteiger partial charge on any atom is 0.321 e. The van der Waals surface area contributed by atoms with Crippen LogP contribution in [-0.4, -0.2) is 12.8 Å². The van der Waals surface area contributed by atoms with Crippen LogP contribution in [-0.2, 0) is 5.41 Å². The van der Waals surface area contributed by atoms with Gasteiger partial charge < -0.3 is 21.1 Å². The van der Waals surface area contributed by atoms with Crippen LogP contribution in [0.5, 0.6) is 5.75 Å². The van der Waals surface area contributed by atoms with E-state index in [1.54, 1.807) is 24.3 Å². The highest BCUT2D eigenvalue weighted by molar-refractivity contribution is 5.89. The molecule has 0 bridgehead atoms. The van der Waals surface area contributed by atoms with Crippen LogP contribution in [0.1, 0.15) is 31.9 Å². The summed E-state index contributed by atoms with van der Waals surface area (Å²) < 4.78 is 5.75. The van der Waals surface area contributed by atoms with Gasteiger partial charge in [0.1, 0.15) is 5.75 Å². The van der Waals surface area contributed by atoms with Crippen molar-refractivity contribution in [3.05, 3.63) is 53.6 Å². The summed E-state index contributed by atoms with van der Waals surface area (Å²) in [7, 11) is 0. The second-order valence-electron chi connectivity index (χ2n) is 6.79. The zero-order chi connectivity index (χ0) is 17.7. The van der Waals surface area contributed by atoms with Gasteiger partial charge in [-0.25, -0.2) is 4.79 Å². The van der Waals surface area contributed by atoms with Gasteiger partial charge in [-0.2, -0.15) is 0 Å². The minimum Gasteiger partial charge on any atom is -0.473 e. The molecule has 0 atom stereocenters. The van der Waals surface area contributed by atoms with E-state index in [-0.39, 0.29) is 18.2 Å². The molecule has 0 saturated carbocycles. The van der Waals surface area contributed by atoms with Gasteiger partial charge in [-0.05, 0) is 48.2 Å². The van der Waals surface area contributed by atoms with Crippen molar-refractivity contribution >= 4 is 17.4 Å². The monoisotopic (exact) mass is 327 g/mol. The van der Waals surface area contributed by atoms with Gasteiger partial charge in [-0.3, -0.25) is 0 Å². The Kier molecular flexibility index (Phi) is 5.34. The van der Waals surface area contributed by atoms with E-state index >= 15 is 0 Å². The van der Waals surface area contributed by atoms with Crippen molar-refractivity contribution < 1.29 is 9.53 Å². The highest BCUT2D eigenvalue weighted by Gasteiger charge is 2.19. The number of nitrogen functional groups attached to an aromatic ring is 1. The third-order valence-corrected chi connectivity index (χ3v) is 3.57. The minimum atomic E-state index is -0.329. The van der Waals surface area contributed by atoms with Crippen molar-refractivity contribution in [1.29, 1.82) is 0 Å². The molecule has 2 amide bonds. The summed E-state index contributed by atoms with van der Waals surface area (Å²) in [5, 5.41) is 5.41. The van der Waals surface area contributed by atoms with Gasteiger partial charge in [0, 0.05) is 11.4 Å². The zero-order valence-electron chi connectivity index (χ0n) is 14.6. The smallest absolute Gasteiger partial charge is 0.321 e. The molecule has 2 aromatic rings. The summed E-state index contributed by atoms with van der Waals surface area (Å²) in [4.78, 5) is 11.9. The van der Waals surface area contributed by atoms with E-state index < -0.39 is 0 Å². The number of hydrogen-bond acceptors (Lipinski definition) is 3. The molecule has 0 fully saturated rings. The van der Waals surface area contributed by atoms with E-state index in [9.17, 15) is 4.79 Å². The Morgan fingerprint density at radius 1 is 1.12 bits per heavy atom. The first-order valence-corrected chi connectivity index (χ1v) is 7.90. The van der Waals surface area contributed by atoms with Gasteiger partial charge in [-0.15, -0.1) is 0 Å². The number of hydrogen-bond donors (Lipinski definition) is 3. The van der Waals surface area contributed by atoms with Crippen molar-refractivity contribution in [3.8, 4) is 5.75 Å². The third kappa shape index (κ3) is 4.91. The normalized spacial score (nSPS) is 11.0. The zero-order valence-corrected chi connectivity index (χ0v) is 14.6. The van der Waals surface area contributed by atoms with Crippen LogP contribution in [0.3, 0.4) is 0 Å². The van der Waals surface area contributed by atoms with Gasteiger partial charge >= 0.3 is 6.03 Å². The molecule has 0 spiro atoms. The lowest BCUT2D eigenvalue weighted by Gasteiger charge is -2.23. The van der Waals surface area contributed by atoms with Gasteiger partial charge in [0.15, 0.2) is 6.73 Å². The van der Waals surface area contributed by atoms with Crippen molar-refractivity contribution in [2.45, 2.75) is 33.1 Å². The fourth-order valence-corrected chi connectivity index (χ4v) is 2.28. The standard InChI is InChI=1S/C19H25N3O2/c1-13-5-10-17(16(11-13)19(2,3)4)24-12-21-18(23)22-15-8-6-14(20)7-9-15/h5-11H,12,20H2,1-4H3,(H2,21,22,23). The molecule has 4 N–H and O–H groups in total. The Balaban J connectivity index is 1.92. The second kappa shape index (κ2) is 7.25.